The first-order valence-corrected chi connectivity index (χ1v) is 6.82. The second kappa shape index (κ2) is 7.13. The van der Waals surface area contributed by atoms with Gasteiger partial charge in [-0.15, -0.1) is 0 Å². The molecule has 0 saturated heterocycles. The molecule has 6 nitrogen and oxygen atoms in total. The molecule has 0 atom stereocenters. The van der Waals surface area contributed by atoms with Crippen molar-refractivity contribution in [1.82, 2.24) is 15.1 Å². The van der Waals surface area contributed by atoms with E-state index in [1.807, 2.05) is 13.8 Å². The van der Waals surface area contributed by atoms with E-state index in [0.29, 0.717) is 18.7 Å². The third-order valence-electron chi connectivity index (χ3n) is 3.43. The molecule has 0 aliphatic rings. The Morgan fingerprint density at radius 2 is 2.11 bits per heavy atom. The van der Waals surface area contributed by atoms with Gasteiger partial charge in [0.05, 0.1) is 18.3 Å². The van der Waals surface area contributed by atoms with Gasteiger partial charge in [-0.2, -0.15) is 5.10 Å². The molecule has 1 heterocycles. The second-order valence-electron chi connectivity index (χ2n) is 4.66. The van der Waals surface area contributed by atoms with Crippen molar-refractivity contribution in [3.8, 4) is 0 Å². The molecule has 0 aliphatic carbocycles. The summed E-state index contributed by atoms with van der Waals surface area (Å²) in [5.74, 6) is 0.665. The average Bonchev–Trinajstić information content (AvgIpc) is 2.84. The van der Waals surface area contributed by atoms with E-state index in [2.05, 4.69) is 22.7 Å². The highest BCUT2D eigenvalue weighted by molar-refractivity contribution is 5.88. The minimum Gasteiger partial charge on any atom is -0.394 e. The number of hydrogen-bond acceptors (Lipinski definition) is 3. The molecule has 0 radical (unpaired) electrons. The zero-order valence-electron chi connectivity index (χ0n) is 11.9. The Morgan fingerprint density at radius 1 is 1.42 bits per heavy atom. The molecule has 1 aromatic heterocycles. The van der Waals surface area contributed by atoms with Gasteiger partial charge < -0.3 is 10.4 Å². The van der Waals surface area contributed by atoms with Gasteiger partial charge in [-0.1, -0.05) is 20.8 Å². The first kappa shape index (κ1) is 15.5. The predicted octanol–water partition coefficient (Wildman–Crippen LogP) is 1.97. The molecule has 1 rings (SSSR count). The van der Waals surface area contributed by atoms with Gasteiger partial charge in [-0.3, -0.25) is 5.32 Å². The van der Waals surface area contributed by atoms with E-state index >= 15 is 0 Å². The largest absolute Gasteiger partial charge is 0.394 e. The first-order chi connectivity index (χ1) is 9.10. The van der Waals surface area contributed by atoms with E-state index in [-0.39, 0.29) is 12.6 Å². The molecule has 0 fully saturated rings. The van der Waals surface area contributed by atoms with E-state index in [1.54, 1.807) is 16.9 Å². The van der Waals surface area contributed by atoms with Crippen LogP contribution in [0, 0.1) is 0 Å². The van der Waals surface area contributed by atoms with Crippen molar-refractivity contribution in [2.45, 2.75) is 52.1 Å². The fourth-order valence-corrected chi connectivity index (χ4v) is 1.91. The van der Waals surface area contributed by atoms with Gasteiger partial charge in [0.1, 0.15) is 5.82 Å². The van der Waals surface area contributed by atoms with Crippen molar-refractivity contribution in [3.63, 3.8) is 0 Å². The van der Waals surface area contributed by atoms with E-state index in [4.69, 9.17) is 0 Å². The average molecular weight is 268 g/mol. The van der Waals surface area contributed by atoms with Crippen LogP contribution in [-0.4, -0.2) is 33.1 Å². The van der Waals surface area contributed by atoms with Gasteiger partial charge in [-0.05, 0) is 19.3 Å². The van der Waals surface area contributed by atoms with Crippen LogP contribution in [0.15, 0.2) is 12.3 Å². The van der Waals surface area contributed by atoms with Crippen molar-refractivity contribution in [2.24, 2.45) is 0 Å². The normalized spacial score (nSPS) is 11.4. The number of carbonyl (C=O) groups excluding carboxylic acids is 1. The number of aliphatic hydroxyl groups is 1. The number of nitrogens with one attached hydrogen (secondary N) is 2. The maximum Gasteiger partial charge on any atom is 0.320 e. The zero-order chi connectivity index (χ0) is 14.3. The summed E-state index contributed by atoms with van der Waals surface area (Å²) >= 11 is 0. The molecule has 0 aromatic carbocycles. The molecular weight excluding hydrogens is 244 g/mol. The molecule has 2 amide bonds. The maximum atomic E-state index is 12.0. The van der Waals surface area contributed by atoms with Crippen LogP contribution in [0.4, 0.5) is 10.6 Å². The number of aliphatic hydroxyl groups excluding tert-OH is 1. The SMILES string of the molecule is CCCn1nccc1NC(=O)NC(CC)(CC)CO. The smallest absolute Gasteiger partial charge is 0.320 e. The van der Waals surface area contributed by atoms with Crippen LogP contribution in [-0.2, 0) is 6.54 Å². The van der Waals surface area contributed by atoms with Gasteiger partial charge in [0.15, 0.2) is 0 Å². The molecule has 0 bridgehead atoms. The van der Waals surface area contributed by atoms with Crippen molar-refractivity contribution in [3.05, 3.63) is 12.3 Å². The van der Waals surface area contributed by atoms with Crippen LogP contribution < -0.4 is 10.6 Å². The lowest BCUT2D eigenvalue weighted by Crippen LogP contribution is -2.52. The van der Waals surface area contributed by atoms with Crippen LogP contribution in [0.25, 0.3) is 0 Å². The van der Waals surface area contributed by atoms with Gasteiger partial charge in [0, 0.05) is 12.6 Å². The molecule has 6 heteroatoms. The van der Waals surface area contributed by atoms with Crippen LogP contribution in [0.5, 0.6) is 0 Å². The third kappa shape index (κ3) is 3.96. The van der Waals surface area contributed by atoms with E-state index < -0.39 is 5.54 Å². The Balaban J connectivity index is 2.66. The summed E-state index contributed by atoms with van der Waals surface area (Å²) in [4.78, 5) is 12.0. The van der Waals surface area contributed by atoms with Crippen LogP contribution in [0.1, 0.15) is 40.0 Å². The third-order valence-corrected chi connectivity index (χ3v) is 3.43. The number of aryl methyl sites for hydroxylation is 1. The number of carbonyl (C=O) groups is 1. The number of hydrogen-bond donors (Lipinski definition) is 3. The highest BCUT2D eigenvalue weighted by Crippen LogP contribution is 2.15. The van der Waals surface area contributed by atoms with E-state index in [0.717, 1.165) is 13.0 Å². The molecule has 0 aliphatic heterocycles. The Labute approximate surface area is 114 Å². The predicted molar refractivity (Wildman–Crippen MR) is 75.1 cm³/mol. The number of urea groups is 1. The Bertz CT molecular complexity index is 391. The van der Waals surface area contributed by atoms with Crippen LogP contribution >= 0.6 is 0 Å². The fraction of sp³-hybridized carbons (Fsp3) is 0.692. The highest BCUT2D eigenvalue weighted by Gasteiger charge is 2.27. The van der Waals surface area contributed by atoms with Crippen molar-refractivity contribution >= 4 is 11.8 Å². The summed E-state index contributed by atoms with van der Waals surface area (Å²) in [6.07, 6.45) is 3.97. The topological polar surface area (TPSA) is 79.2 Å². The van der Waals surface area contributed by atoms with Crippen LogP contribution in [0.2, 0.25) is 0 Å². The number of nitrogens with zero attached hydrogens (tertiary/aromatic N) is 2. The Hall–Kier alpha value is -1.56. The van der Waals surface area contributed by atoms with Gasteiger partial charge in [0.2, 0.25) is 0 Å². The minimum atomic E-state index is -0.556. The molecule has 1 aromatic rings. The number of anilines is 1. The van der Waals surface area contributed by atoms with Crippen molar-refractivity contribution in [1.29, 1.82) is 0 Å². The Kier molecular flexibility index (Phi) is 5.82. The lowest BCUT2D eigenvalue weighted by molar-refractivity contribution is 0.155. The second-order valence-corrected chi connectivity index (χ2v) is 4.66. The van der Waals surface area contributed by atoms with Crippen molar-refractivity contribution < 1.29 is 9.90 Å². The highest BCUT2D eigenvalue weighted by atomic mass is 16.3. The monoisotopic (exact) mass is 268 g/mol. The number of rotatable bonds is 7. The summed E-state index contributed by atoms with van der Waals surface area (Å²) in [6, 6.07) is 1.45. The molecule has 0 saturated carbocycles. The van der Waals surface area contributed by atoms with Gasteiger partial charge in [-0.25, -0.2) is 9.48 Å². The molecular formula is C13H24N4O2. The van der Waals surface area contributed by atoms with E-state index in [9.17, 15) is 9.90 Å². The Morgan fingerprint density at radius 3 is 2.63 bits per heavy atom. The summed E-state index contributed by atoms with van der Waals surface area (Å²) in [6.45, 7) is 6.64. The van der Waals surface area contributed by atoms with E-state index in [1.165, 1.54) is 0 Å². The first-order valence-electron chi connectivity index (χ1n) is 6.82. The number of amides is 2. The van der Waals surface area contributed by atoms with Crippen LogP contribution in [0.3, 0.4) is 0 Å². The van der Waals surface area contributed by atoms with Gasteiger partial charge >= 0.3 is 6.03 Å². The summed E-state index contributed by atoms with van der Waals surface area (Å²) in [5, 5.41) is 19.2. The van der Waals surface area contributed by atoms with Gasteiger partial charge in [0.25, 0.3) is 0 Å². The lowest BCUT2D eigenvalue weighted by atomic mass is 9.94. The zero-order valence-corrected chi connectivity index (χ0v) is 11.9. The molecule has 0 spiro atoms. The molecule has 0 unspecified atom stereocenters. The molecule has 19 heavy (non-hydrogen) atoms. The van der Waals surface area contributed by atoms with Crippen molar-refractivity contribution in [2.75, 3.05) is 11.9 Å². The standard InChI is InChI=1S/C13H24N4O2/c1-4-9-17-11(7-8-14-17)15-12(19)16-13(5-2,6-3)10-18/h7-8,18H,4-6,9-10H2,1-3H3,(H2,15,16,19). The summed E-state index contributed by atoms with van der Waals surface area (Å²) in [7, 11) is 0. The fourth-order valence-electron chi connectivity index (χ4n) is 1.91. The summed E-state index contributed by atoms with van der Waals surface area (Å²) < 4.78 is 1.75. The lowest BCUT2D eigenvalue weighted by Gasteiger charge is -2.30. The molecule has 3 N–H and O–H groups in total. The quantitative estimate of drug-likeness (QED) is 0.707. The maximum absolute atomic E-state index is 12.0. The molecule has 108 valence electrons. The minimum absolute atomic E-state index is 0.0678. The number of aromatic nitrogens is 2. The summed E-state index contributed by atoms with van der Waals surface area (Å²) in [5.41, 5.74) is -0.556.